The van der Waals surface area contributed by atoms with Crippen molar-refractivity contribution in [3.05, 3.63) is 64.9 Å². The molecule has 0 bridgehead atoms. The van der Waals surface area contributed by atoms with Gasteiger partial charge in [-0.1, -0.05) is 35.7 Å². The molecule has 1 atom stereocenters. The Morgan fingerprint density at radius 1 is 1.17 bits per heavy atom. The summed E-state index contributed by atoms with van der Waals surface area (Å²) in [5.41, 5.74) is 0.258. The van der Waals surface area contributed by atoms with E-state index in [1.54, 1.807) is 12.1 Å². The highest BCUT2D eigenvalue weighted by atomic mass is 35.5. The first-order chi connectivity index (χ1) is 8.70. The molecule has 3 heteroatoms. The number of halogens is 2. The van der Waals surface area contributed by atoms with Crippen LogP contribution in [0.1, 0.15) is 11.7 Å². The van der Waals surface area contributed by atoms with Crippen molar-refractivity contribution in [2.45, 2.75) is 6.10 Å². The number of rotatable bonds is 3. The van der Waals surface area contributed by atoms with Crippen molar-refractivity contribution in [1.29, 1.82) is 0 Å². The van der Waals surface area contributed by atoms with Crippen molar-refractivity contribution in [2.75, 3.05) is 0 Å². The van der Waals surface area contributed by atoms with Gasteiger partial charge in [-0.15, -0.1) is 6.42 Å². The lowest BCUT2D eigenvalue weighted by Crippen LogP contribution is -2.07. The maximum atomic E-state index is 13.7. The fraction of sp³-hybridized carbons (Fsp3) is 0.0667. The second-order valence-corrected chi connectivity index (χ2v) is 4.08. The highest BCUT2D eigenvalue weighted by Gasteiger charge is 2.15. The highest BCUT2D eigenvalue weighted by molar-refractivity contribution is 6.30. The molecule has 0 aromatic heterocycles. The molecule has 0 amide bonds. The Bertz CT molecular complexity index is 575. The largest absolute Gasteiger partial charge is 0.473 e. The fourth-order valence-corrected chi connectivity index (χ4v) is 1.72. The Morgan fingerprint density at radius 2 is 1.89 bits per heavy atom. The molecule has 2 rings (SSSR count). The van der Waals surface area contributed by atoms with Gasteiger partial charge in [0, 0.05) is 10.6 Å². The van der Waals surface area contributed by atoms with E-state index in [-0.39, 0.29) is 5.56 Å². The van der Waals surface area contributed by atoms with E-state index < -0.39 is 11.9 Å². The zero-order chi connectivity index (χ0) is 13.0. The van der Waals surface area contributed by atoms with E-state index in [4.69, 9.17) is 22.8 Å². The van der Waals surface area contributed by atoms with Crippen LogP contribution in [-0.2, 0) is 0 Å². The van der Waals surface area contributed by atoms with Gasteiger partial charge in [-0.25, -0.2) is 4.39 Å². The molecule has 0 radical (unpaired) electrons. The zero-order valence-corrected chi connectivity index (χ0v) is 10.2. The zero-order valence-electron chi connectivity index (χ0n) is 9.44. The van der Waals surface area contributed by atoms with Gasteiger partial charge >= 0.3 is 0 Å². The summed E-state index contributed by atoms with van der Waals surface area (Å²) >= 11 is 5.83. The molecule has 0 aliphatic rings. The fourth-order valence-electron chi connectivity index (χ4n) is 1.54. The average Bonchev–Trinajstić information content (AvgIpc) is 2.40. The lowest BCUT2D eigenvalue weighted by Gasteiger charge is -2.15. The molecule has 0 heterocycles. The lowest BCUT2D eigenvalue weighted by atomic mass is 10.1. The smallest absolute Gasteiger partial charge is 0.186 e. The predicted octanol–water partition coefficient (Wildman–Crippen LogP) is 4.23. The summed E-state index contributed by atoms with van der Waals surface area (Å²) in [5, 5.41) is 0.420. The first-order valence-electron chi connectivity index (χ1n) is 5.33. The minimum atomic E-state index is -0.800. The molecule has 1 nitrogen and oxygen atoms in total. The number of benzene rings is 2. The Hall–Kier alpha value is -1.98. The van der Waals surface area contributed by atoms with Crippen LogP contribution in [0.3, 0.4) is 0 Å². The third-order valence-corrected chi connectivity index (χ3v) is 2.62. The van der Waals surface area contributed by atoms with Gasteiger partial charge in [0.25, 0.3) is 0 Å². The maximum absolute atomic E-state index is 13.7. The standard InChI is InChI=1S/C15H10ClFO/c1-2-15(18-12-6-4-3-5-7-12)13-10-11(16)8-9-14(13)17/h1,3-10,15H. The van der Waals surface area contributed by atoms with Crippen molar-refractivity contribution in [2.24, 2.45) is 0 Å². The topological polar surface area (TPSA) is 9.23 Å². The van der Waals surface area contributed by atoms with Crippen molar-refractivity contribution in [3.63, 3.8) is 0 Å². The molecule has 1 unspecified atom stereocenters. The number of ether oxygens (including phenoxy) is 1. The summed E-state index contributed by atoms with van der Waals surface area (Å²) in [6.07, 6.45) is 4.59. The summed E-state index contributed by atoms with van der Waals surface area (Å²) in [6.45, 7) is 0. The summed E-state index contributed by atoms with van der Waals surface area (Å²) in [6, 6.07) is 13.2. The monoisotopic (exact) mass is 260 g/mol. The van der Waals surface area contributed by atoms with E-state index in [9.17, 15) is 4.39 Å². The third-order valence-electron chi connectivity index (χ3n) is 2.39. The van der Waals surface area contributed by atoms with Crippen molar-refractivity contribution < 1.29 is 9.13 Å². The molecule has 2 aromatic carbocycles. The number of para-hydroxylation sites is 1. The Balaban J connectivity index is 2.29. The second-order valence-electron chi connectivity index (χ2n) is 3.64. The molecule has 0 N–H and O–H groups in total. The lowest BCUT2D eigenvalue weighted by molar-refractivity contribution is 0.259. The van der Waals surface area contributed by atoms with Crippen LogP contribution in [0.15, 0.2) is 48.5 Å². The molecule has 0 aliphatic heterocycles. The van der Waals surface area contributed by atoms with Crippen LogP contribution in [-0.4, -0.2) is 0 Å². The number of terminal acetylenes is 1. The summed E-state index contributed by atoms with van der Waals surface area (Å²) in [5.74, 6) is 2.57. The van der Waals surface area contributed by atoms with Crippen LogP contribution in [0.4, 0.5) is 4.39 Å². The van der Waals surface area contributed by atoms with Gasteiger partial charge in [0.05, 0.1) is 0 Å². The summed E-state index contributed by atoms with van der Waals surface area (Å²) < 4.78 is 19.2. The van der Waals surface area contributed by atoms with Crippen LogP contribution in [0.5, 0.6) is 5.75 Å². The molecule has 0 aliphatic carbocycles. The van der Waals surface area contributed by atoms with Crippen LogP contribution >= 0.6 is 11.6 Å². The molecule has 18 heavy (non-hydrogen) atoms. The molecule has 0 fully saturated rings. The van der Waals surface area contributed by atoms with E-state index >= 15 is 0 Å². The number of hydrogen-bond acceptors (Lipinski definition) is 1. The molecule has 0 saturated heterocycles. The molecular formula is C15H10ClFO. The third kappa shape index (κ3) is 2.82. The number of hydrogen-bond donors (Lipinski definition) is 0. The maximum Gasteiger partial charge on any atom is 0.186 e. The van der Waals surface area contributed by atoms with Gasteiger partial charge in [0.1, 0.15) is 11.6 Å². The van der Waals surface area contributed by atoms with E-state index in [1.807, 2.05) is 18.2 Å². The van der Waals surface area contributed by atoms with Crippen molar-refractivity contribution in [3.8, 4) is 18.1 Å². The van der Waals surface area contributed by atoms with E-state index in [2.05, 4.69) is 5.92 Å². The van der Waals surface area contributed by atoms with Gasteiger partial charge < -0.3 is 4.74 Å². The second kappa shape index (κ2) is 5.57. The Labute approximate surface area is 110 Å². The molecule has 0 saturated carbocycles. The first-order valence-corrected chi connectivity index (χ1v) is 5.71. The van der Waals surface area contributed by atoms with Crippen molar-refractivity contribution in [1.82, 2.24) is 0 Å². The van der Waals surface area contributed by atoms with Gasteiger partial charge in [0.15, 0.2) is 6.10 Å². The normalized spacial score (nSPS) is 11.6. The predicted molar refractivity (Wildman–Crippen MR) is 70.1 cm³/mol. The first kappa shape index (κ1) is 12.5. The van der Waals surface area contributed by atoms with Gasteiger partial charge in [-0.2, -0.15) is 0 Å². The van der Waals surface area contributed by atoms with Crippen LogP contribution in [0.2, 0.25) is 5.02 Å². The van der Waals surface area contributed by atoms with Crippen LogP contribution in [0.25, 0.3) is 0 Å². The minimum absolute atomic E-state index is 0.258. The van der Waals surface area contributed by atoms with E-state index in [1.165, 1.54) is 18.2 Å². The molecule has 0 spiro atoms. The molecule has 2 aromatic rings. The molecular weight excluding hydrogens is 251 g/mol. The SMILES string of the molecule is C#CC(Oc1ccccc1)c1cc(Cl)ccc1F. The van der Waals surface area contributed by atoms with Crippen LogP contribution < -0.4 is 4.74 Å². The quantitative estimate of drug-likeness (QED) is 0.751. The average molecular weight is 261 g/mol. The summed E-state index contributed by atoms with van der Waals surface area (Å²) in [4.78, 5) is 0. The Morgan fingerprint density at radius 3 is 2.56 bits per heavy atom. The van der Waals surface area contributed by atoms with Gasteiger partial charge in [-0.05, 0) is 30.3 Å². The summed E-state index contributed by atoms with van der Waals surface area (Å²) in [7, 11) is 0. The van der Waals surface area contributed by atoms with Crippen LogP contribution in [0, 0.1) is 18.2 Å². The Kier molecular flexibility index (Phi) is 3.86. The highest BCUT2D eigenvalue weighted by Crippen LogP contribution is 2.25. The van der Waals surface area contributed by atoms with Gasteiger partial charge in [0.2, 0.25) is 0 Å². The van der Waals surface area contributed by atoms with Crippen molar-refractivity contribution >= 4 is 11.6 Å². The molecule has 90 valence electrons. The minimum Gasteiger partial charge on any atom is -0.473 e. The van der Waals surface area contributed by atoms with Gasteiger partial charge in [-0.3, -0.25) is 0 Å². The van der Waals surface area contributed by atoms with E-state index in [0.29, 0.717) is 10.8 Å². The van der Waals surface area contributed by atoms with E-state index in [0.717, 1.165) is 0 Å².